The minimum absolute atomic E-state index is 0.0486. The average molecular weight is 427 g/mol. The van der Waals surface area contributed by atoms with Gasteiger partial charge < -0.3 is 14.6 Å². The maximum atomic E-state index is 11.9. The first kappa shape index (κ1) is 19.4. The second-order valence-electron chi connectivity index (χ2n) is 5.55. The molecule has 1 aromatic carbocycles. The fraction of sp³-hybridized carbons (Fsp3) is 0.353. The molecule has 0 unspecified atom stereocenters. The molecule has 0 saturated carbocycles. The van der Waals surface area contributed by atoms with Gasteiger partial charge in [-0.1, -0.05) is 39.4 Å². The minimum Gasteiger partial charge on any atom is -0.456 e. The first-order chi connectivity index (χ1) is 11.9. The number of nitrogens with zero attached hydrogens (tertiary/aromatic N) is 1. The van der Waals surface area contributed by atoms with E-state index >= 15 is 0 Å². The molecule has 0 spiro atoms. The summed E-state index contributed by atoms with van der Waals surface area (Å²) in [5, 5.41) is 4.51. The van der Waals surface area contributed by atoms with Crippen LogP contribution in [0.2, 0.25) is 0 Å². The first-order valence-corrected chi connectivity index (χ1v) is 9.39. The number of nitrogens with one attached hydrogen (secondary N) is 1. The van der Waals surface area contributed by atoms with Crippen molar-refractivity contribution in [1.82, 2.24) is 9.88 Å². The monoisotopic (exact) mass is 426 g/mol. The van der Waals surface area contributed by atoms with Crippen molar-refractivity contribution < 1.29 is 14.3 Å². The van der Waals surface area contributed by atoms with Crippen molar-refractivity contribution in [2.45, 2.75) is 32.9 Å². The average Bonchev–Trinajstić information content (AvgIpc) is 2.90. The predicted octanol–water partition coefficient (Wildman–Crippen LogP) is 2.79. The summed E-state index contributed by atoms with van der Waals surface area (Å²) in [6.07, 6.45) is 0.0486. The summed E-state index contributed by atoms with van der Waals surface area (Å²) >= 11 is 4.45. The number of rotatable bonds is 7. The number of ether oxygens (including phenoxy) is 1. The highest BCUT2D eigenvalue weighted by Crippen LogP contribution is 2.16. The Bertz CT molecular complexity index is 798. The van der Waals surface area contributed by atoms with Crippen LogP contribution >= 0.6 is 27.3 Å². The summed E-state index contributed by atoms with van der Waals surface area (Å²) < 4.78 is 7.44. The number of amides is 1. The Hall–Kier alpha value is -1.93. The Labute approximate surface area is 157 Å². The van der Waals surface area contributed by atoms with Crippen LogP contribution < -0.4 is 10.2 Å². The van der Waals surface area contributed by atoms with Gasteiger partial charge in [0, 0.05) is 22.1 Å². The molecule has 6 nitrogen and oxygen atoms in total. The first-order valence-electron chi connectivity index (χ1n) is 7.72. The molecule has 0 aliphatic heterocycles. The molecule has 1 amide bonds. The van der Waals surface area contributed by atoms with Crippen molar-refractivity contribution in [1.29, 1.82) is 0 Å². The maximum absolute atomic E-state index is 11.9. The lowest BCUT2D eigenvalue weighted by Crippen LogP contribution is -2.31. The van der Waals surface area contributed by atoms with E-state index in [0.29, 0.717) is 0 Å². The minimum atomic E-state index is -0.510. The smallest absolute Gasteiger partial charge is 0.308 e. The molecule has 0 saturated heterocycles. The molecule has 8 heteroatoms. The lowest BCUT2D eigenvalue weighted by molar-refractivity contribution is -0.148. The van der Waals surface area contributed by atoms with Gasteiger partial charge in [0.2, 0.25) is 0 Å². The lowest BCUT2D eigenvalue weighted by Gasteiger charge is -2.14. The van der Waals surface area contributed by atoms with Gasteiger partial charge in [0.1, 0.15) is 0 Å². The van der Waals surface area contributed by atoms with Crippen LogP contribution in [0.15, 0.2) is 38.9 Å². The Morgan fingerprint density at radius 2 is 2.00 bits per heavy atom. The SMILES string of the molecule is Cc1csc(=O)n1CCC(=O)OCC(=O)N[C@@H](C)c1ccc(Br)cc1. The van der Waals surface area contributed by atoms with E-state index in [4.69, 9.17) is 4.74 Å². The van der Waals surface area contributed by atoms with Gasteiger partial charge in [-0.15, -0.1) is 0 Å². The quantitative estimate of drug-likeness (QED) is 0.690. The molecule has 134 valence electrons. The summed E-state index contributed by atoms with van der Waals surface area (Å²) in [7, 11) is 0. The molecule has 2 rings (SSSR count). The van der Waals surface area contributed by atoms with Gasteiger partial charge in [0.25, 0.3) is 5.91 Å². The van der Waals surface area contributed by atoms with Crippen molar-refractivity contribution in [2.75, 3.05) is 6.61 Å². The standard InChI is InChI=1S/C17H19BrN2O4S/c1-11-10-25-17(23)20(11)8-7-16(22)24-9-15(21)19-12(2)13-3-5-14(18)6-4-13/h3-6,10,12H,7-9H2,1-2H3,(H,19,21)/t12-/m0/s1. The summed E-state index contributed by atoms with van der Waals surface area (Å²) in [4.78, 5) is 35.1. The number of benzene rings is 1. The van der Waals surface area contributed by atoms with Crippen molar-refractivity contribution in [3.05, 3.63) is 55.0 Å². The third-order valence-electron chi connectivity index (χ3n) is 3.63. The molecular formula is C17H19BrN2O4S. The topological polar surface area (TPSA) is 77.4 Å². The lowest BCUT2D eigenvalue weighted by atomic mass is 10.1. The number of aryl methyl sites for hydroxylation is 1. The van der Waals surface area contributed by atoms with E-state index < -0.39 is 5.97 Å². The van der Waals surface area contributed by atoms with Gasteiger partial charge in [-0.25, -0.2) is 0 Å². The molecule has 1 N–H and O–H groups in total. The largest absolute Gasteiger partial charge is 0.456 e. The Morgan fingerprint density at radius 3 is 2.60 bits per heavy atom. The van der Waals surface area contributed by atoms with Gasteiger partial charge in [-0.3, -0.25) is 14.4 Å². The Kier molecular flexibility index (Phi) is 6.95. The van der Waals surface area contributed by atoms with Gasteiger partial charge in [0.15, 0.2) is 6.61 Å². The van der Waals surface area contributed by atoms with Crippen LogP contribution in [0.25, 0.3) is 0 Å². The molecule has 0 radical (unpaired) electrons. The maximum Gasteiger partial charge on any atom is 0.308 e. The van der Waals surface area contributed by atoms with Gasteiger partial charge >= 0.3 is 10.8 Å². The fourth-order valence-electron chi connectivity index (χ4n) is 2.21. The fourth-order valence-corrected chi connectivity index (χ4v) is 3.24. The number of carbonyl (C=O) groups is 2. The molecular weight excluding hydrogens is 408 g/mol. The van der Waals surface area contributed by atoms with Gasteiger partial charge in [-0.05, 0) is 31.5 Å². The number of aromatic nitrogens is 1. The zero-order valence-electron chi connectivity index (χ0n) is 14.0. The van der Waals surface area contributed by atoms with Crippen LogP contribution in [0.5, 0.6) is 0 Å². The van der Waals surface area contributed by atoms with Gasteiger partial charge in [-0.2, -0.15) is 0 Å². The van der Waals surface area contributed by atoms with E-state index in [2.05, 4.69) is 21.2 Å². The van der Waals surface area contributed by atoms with Crippen molar-refractivity contribution in [2.24, 2.45) is 0 Å². The zero-order chi connectivity index (χ0) is 18.4. The van der Waals surface area contributed by atoms with E-state index in [9.17, 15) is 14.4 Å². The number of halogens is 1. The van der Waals surface area contributed by atoms with Crippen molar-refractivity contribution in [3.63, 3.8) is 0 Å². The highest BCUT2D eigenvalue weighted by molar-refractivity contribution is 9.10. The second-order valence-corrected chi connectivity index (χ2v) is 7.28. The number of carbonyl (C=O) groups excluding carboxylic acids is 2. The number of hydrogen-bond donors (Lipinski definition) is 1. The predicted molar refractivity (Wildman–Crippen MR) is 99.6 cm³/mol. The van der Waals surface area contributed by atoms with Crippen LogP contribution in [0.3, 0.4) is 0 Å². The summed E-state index contributed by atoms with van der Waals surface area (Å²) in [6.45, 7) is 3.58. The van der Waals surface area contributed by atoms with Crippen LogP contribution in [-0.4, -0.2) is 23.1 Å². The van der Waals surface area contributed by atoms with E-state index in [-0.39, 0.29) is 36.4 Å². The van der Waals surface area contributed by atoms with Crippen molar-refractivity contribution >= 4 is 39.1 Å². The van der Waals surface area contributed by atoms with Crippen LogP contribution in [0, 0.1) is 6.92 Å². The summed E-state index contributed by atoms with van der Waals surface area (Å²) in [5.41, 5.74) is 1.76. The van der Waals surface area contributed by atoms with Crippen LogP contribution in [-0.2, 0) is 20.9 Å². The molecule has 0 fully saturated rings. The van der Waals surface area contributed by atoms with E-state index in [1.807, 2.05) is 31.2 Å². The molecule has 1 heterocycles. The van der Waals surface area contributed by atoms with E-state index in [1.54, 1.807) is 12.3 Å². The number of hydrogen-bond acceptors (Lipinski definition) is 5. The molecule has 25 heavy (non-hydrogen) atoms. The van der Waals surface area contributed by atoms with Gasteiger partial charge in [0.05, 0.1) is 12.5 Å². The Morgan fingerprint density at radius 1 is 1.32 bits per heavy atom. The van der Waals surface area contributed by atoms with Crippen LogP contribution in [0.4, 0.5) is 0 Å². The summed E-state index contributed by atoms with van der Waals surface area (Å²) in [6, 6.07) is 7.41. The molecule has 2 aromatic rings. The highest BCUT2D eigenvalue weighted by Gasteiger charge is 2.13. The molecule has 0 aliphatic rings. The zero-order valence-corrected chi connectivity index (χ0v) is 16.4. The molecule has 0 bridgehead atoms. The highest BCUT2D eigenvalue weighted by atomic mass is 79.9. The number of thiazole rings is 1. The second kappa shape index (κ2) is 8.96. The normalized spacial score (nSPS) is 11.8. The molecule has 0 aliphatic carbocycles. The van der Waals surface area contributed by atoms with E-state index in [0.717, 1.165) is 27.1 Å². The van der Waals surface area contributed by atoms with E-state index in [1.165, 1.54) is 4.57 Å². The number of esters is 1. The van der Waals surface area contributed by atoms with Crippen molar-refractivity contribution in [3.8, 4) is 0 Å². The molecule has 1 atom stereocenters. The third kappa shape index (κ3) is 5.82. The summed E-state index contributed by atoms with van der Waals surface area (Å²) in [5.74, 6) is -0.878. The third-order valence-corrected chi connectivity index (χ3v) is 5.04. The van der Waals surface area contributed by atoms with Crippen LogP contribution in [0.1, 0.15) is 30.6 Å². The Balaban J connectivity index is 1.74. The molecule has 1 aromatic heterocycles.